The van der Waals surface area contributed by atoms with Crippen LogP contribution in [0.15, 0.2) is 187 Å². The Morgan fingerprint density at radius 3 is 2.27 bits per heavy atom. The molecule has 0 atom stereocenters. The summed E-state index contributed by atoms with van der Waals surface area (Å²) in [5.74, 6) is 2.52. The smallest absolute Gasteiger partial charge is 0.220 e. The molecule has 1 aliphatic carbocycles. The second kappa shape index (κ2) is 14.5. The number of hydrogen-bond donors (Lipinski definition) is 2. The molecular weight excluding hydrogens is 675 g/mol. The Bertz CT molecular complexity index is 2890. The molecule has 5 heteroatoms. The van der Waals surface area contributed by atoms with E-state index in [0.717, 1.165) is 66.2 Å². The van der Waals surface area contributed by atoms with Crippen LogP contribution in [-0.4, -0.2) is 4.57 Å². The Kier molecular flexibility index (Phi) is 8.82. The fraction of sp³-hybridized carbons (Fsp3) is 0.0400. The van der Waals surface area contributed by atoms with Gasteiger partial charge in [-0.3, -0.25) is 0 Å². The van der Waals surface area contributed by atoms with Crippen LogP contribution in [0.2, 0.25) is 0 Å². The lowest BCUT2D eigenvalue weighted by atomic mass is 10.0. The average molecular weight is 710 g/mol. The van der Waals surface area contributed by atoms with Crippen molar-refractivity contribution in [1.82, 2.24) is 4.57 Å². The molecule has 0 radical (unpaired) electrons. The SMILES string of the molecule is N/C(=C\Cc1c#cccc1)c1cccc(-c2ccc(-n3c4ccccc4c4c5ccccc5c5c(c43)OC3=C=C=CC=C3O5)cc2)c1.NCc1ccccc1. The number of hydrogen-bond acceptors (Lipinski definition) is 4. The van der Waals surface area contributed by atoms with Gasteiger partial charge in [-0.05, 0) is 81.9 Å². The number of nitrogens with zero attached hydrogens (tertiary/aromatic N) is 1. The van der Waals surface area contributed by atoms with Gasteiger partial charge in [-0.25, -0.2) is 0 Å². The summed E-state index contributed by atoms with van der Waals surface area (Å²) < 4.78 is 15.4. The molecule has 7 aromatic carbocycles. The van der Waals surface area contributed by atoms with Crippen LogP contribution >= 0.6 is 0 Å². The highest BCUT2D eigenvalue weighted by Gasteiger charge is 2.30. The van der Waals surface area contributed by atoms with Crippen LogP contribution in [0.25, 0.3) is 55.1 Å². The van der Waals surface area contributed by atoms with E-state index >= 15 is 0 Å². The van der Waals surface area contributed by atoms with Crippen LogP contribution < -0.4 is 20.9 Å². The molecule has 0 saturated heterocycles. The van der Waals surface area contributed by atoms with Crippen LogP contribution in [0.5, 0.6) is 11.5 Å². The second-order valence-corrected chi connectivity index (χ2v) is 13.3. The van der Waals surface area contributed by atoms with Crippen LogP contribution in [0.3, 0.4) is 0 Å². The van der Waals surface area contributed by atoms with E-state index in [1.54, 1.807) is 6.08 Å². The molecule has 8 aromatic rings. The van der Waals surface area contributed by atoms with Crippen molar-refractivity contribution in [2.45, 2.75) is 13.0 Å². The van der Waals surface area contributed by atoms with Crippen molar-refractivity contribution in [3.05, 3.63) is 216 Å². The summed E-state index contributed by atoms with van der Waals surface area (Å²) in [6.07, 6.45) is 6.39. The maximum atomic E-state index is 6.61. The minimum absolute atomic E-state index is 0.525. The molecule has 2 aliphatic rings. The van der Waals surface area contributed by atoms with Crippen molar-refractivity contribution >= 4 is 38.3 Å². The Morgan fingerprint density at radius 2 is 1.49 bits per heavy atom. The van der Waals surface area contributed by atoms with Crippen LogP contribution in [0.4, 0.5) is 0 Å². The number of nitrogens with two attached hydrogens (primary N) is 2. The molecule has 5 nitrogen and oxygen atoms in total. The Labute approximate surface area is 319 Å². The van der Waals surface area contributed by atoms with E-state index in [-0.39, 0.29) is 0 Å². The first-order chi connectivity index (χ1) is 27.2. The van der Waals surface area contributed by atoms with E-state index < -0.39 is 0 Å². The summed E-state index contributed by atoms with van der Waals surface area (Å²) in [6.45, 7) is 0.640. The number of fused-ring (bicyclic) bond motifs is 9. The Morgan fingerprint density at radius 1 is 0.709 bits per heavy atom. The summed E-state index contributed by atoms with van der Waals surface area (Å²) >= 11 is 0. The minimum Gasteiger partial charge on any atom is -0.448 e. The molecule has 0 bridgehead atoms. The molecule has 1 aliphatic heterocycles. The number of benzene rings is 6. The van der Waals surface area contributed by atoms with Gasteiger partial charge in [-0.15, -0.1) is 0 Å². The zero-order valence-corrected chi connectivity index (χ0v) is 29.9. The molecule has 10 rings (SSSR count). The quantitative estimate of drug-likeness (QED) is 0.169. The molecule has 262 valence electrons. The maximum Gasteiger partial charge on any atom is 0.220 e. The normalized spacial score (nSPS) is 12.8. The van der Waals surface area contributed by atoms with E-state index in [0.29, 0.717) is 36.0 Å². The first kappa shape index (κ1) is 33.4. The first-order valence-corrected chi connectivity index (χ1v) is 18.2. The highest BCUT2D eigenvalue weighted by atomic mass is 16.6. The Hall–Kier alpha value is -7.44. The van der Waals surface area contributed by atoms with Crippen molar-refractivity contribution < 1.29 is 9.47 Å². The lowest BCUT2D eigenvalue weighted by Crippen LogP contribution is -2.13. The molecule has 1 aromatic heterocycles. The lowest BCUT2D eigenvalue weighted by Gasteiger charge is -2.25. The molecule has 0 saturated carbocycles. The van der Waals surface area contributed by atoms with Gasteiger partial charge in [0.1, 0.15) is 5.52 Å². The highest BCUT2D eigenvalue weighted by molar-refractivity contribution is 6.25. The van der Waals surface area contributed by atoms with Gasteiger partial charge in [-0.1, -0.05) is 133 Å². The van der Waals surface area contributed by atoms with Gasteiger partial charge < -0.3 is 25.5 Å². The lowest BCUT2D eigenvalue weighted by molar-refractivity contribution is 0.300. The summed E-state index contributed by atoms with van der Waals surface area (Å²) in [4.78, 5) is 0. The van der Waals surface area contributed by atoms with Crippen molar-refractivity contribution in [1.29, 1.82) is 0 Å². The first-order valence-electron chi connectivity index (χ1n) is 18.2. The number of rotatable bonds is 6. The summed E-state index contributed by atoms with van der Waals surface area (Å²) in [7, 11) is 0. The summed E-state index contributed by atoms with van der Waals surface area (Å²) in [6, 6.07) is 55.8. The largest absolute Gasteiger partial charge is 0.448 e. The number of para-hydroxylation sites is 1. The zero-order valence-electron chi connectivity index (χ0n) is 29.9. The number of ether oxygens (including phenoxy) is 2. The Balaban J connectivity index is 0.000000444. The van der Waals surface area contributed by atoms with Gasteiger partial charge in [0.15, 0.2) is 17.3 Å². The standard InChI is InChI=1S/C43H26N2O2.C7H9N/c44-36(26-21-28-11-2-1-3-12-28)31-14-10-13-30(27-31)29-22-24-32(25-23-29)45-37-18-7-6-17-35(37)40-33-15-4-5-16-34(33)42-43(41(40)45)47-39-20-9-8-19-38(39)46-42;8-6-7-4-2-1-3-5-7/h1-2,4-8,10-11,13-19,22-27H,21,44H2;1-5H,6,8H2/b36-26-;. The fourth-order valence-corrected chi connectivity index (χ4v) is 7.19. The van der Waals surface area contributed by atoms with Crippen LogP contribution in [-0.2, 0) is 13.0 Å². The third-order valence-electron chi connectivity index (χ3n) is 9.87. The van der Waals surface area contributed by atoms with Crippen molar-refractivity contribution in [3.8, 4) is 28.3 Å². The summed E-state index contributed by atoms with van der Waals surface area (Å²) in [5, 5.41) is 4.37. The highest BCUT2D eigenvalue weighted by Crippen LogP contribution is 2.51. The van der Waals surface area contributed by atoms with Crippen molar-refractivity contribution in [3.63, 3.8) is 0 Å². The average Bonchev–Trinajstić information content (AvgIpc) is 3.62. The minimum atomic E-state index is 0.525. The van der Waals surface area contributed by atoms with E-state index in [9.17, 15) is 0 Å². The van der Waals surface area contributed by atoms with Crippen molar-refractivity contribution in [2.75, 3.05) is 0 Å². The fourth-order valence-electron chi connectivity index (χ4n) is 7.19. The zero-order chi connectivity index (χ0) is 37.1. The third kappa shape index (κ3) is 6.36. The predicted molar refractivity (Wildman–Crippen MR) is 222 cm³/mol. The molecule has 0 spiro atoms. The van der Waals surface area contributed by atoms with E-state index in [1.807, 2.05) is 72.8 Å². The van der Waals surface area contributed by atoms with Gasteiger partial charge in [0, 0.05) is 46.1 Å². The molecule has 4 N–H and O–H groups in total. The van der Waals surface area contributed by atoms with Gasteiger partial charge in [-0.2, -0.15) is 0 Å². The van der Waals surface area contributed by atoms with Crippen LogP contribution in [0, 0.1) is 12.1 Å². The summed E-state index contributed by atoms with van der Waals surface area (Å²) in [5.41, 5.74) is 27.2. The monoisotopic (exact) mass is 709 g/mol. The number of allylic oxidation sites excluding steroid dienone is 3. The third-order valence-corrected chi connectivity index (χ3v) is 9.87. The van der Waals surface area contributed by atoms with Gasteiger partial charge in [0.05, 0.1) is 5.52 Å². The van der Waals surface area contributed by atoms with E-state index in [4.69, 9.17) is 20.9 Å². The number of aromatic nitrogens is 1. The van der Waals surface area contributed by atoms with Gasteiger partial charge in [0.25, 0.3) is 0 Å². The molecule has 55 heavy (non-hydrogen) atoms. The van der Waals surface area contributed by atoms with E-state index in [2.05, 4.69) is 113 Å². The van der Waals surface area contributed by atoms with E-state index in [1.165, 1.54) is 5.56 Å². The van der Waals surface area contributed by atoms with Crippen molar-refractivity contribution in [2.24, 2.45) is 11.5 Å². The van der Waals surface area contributed by atoms with Gasteiger partial charge >= 0.3 is 0 Å². The molecule has 0 fully saturated rings. The molecule has 0 amide bonds. The topological polar surface area (TPSA) is 75.4 Å². The molecule has 2 heterocycles. The predicted octanol–water partition coefficient (Wildman–Crippen LogP) is 10.8. The molecule has 0 unspecified atom stereocenters. The molecular formula is C50H35N3O2. The maximum absolute atomic E-state index is 6.61. The second-order valence-electron chi connectivity index (χ2n) is 13.3. The van der Waals surface area contributed by atoms with Gasteiger partial charge in [0.2, 0.25) is 5.76 Å². The van der Waals surface area contributed by atoms with Crippen LogP contribution in [0.1, 0.15) is 16.7 Å².